The van der Waals surface area contributed by atoms with Crippen molar-refractivity contribution in [2.45, 2.75) is 13.8 Å². The summed E-state index contributed by atoms with van der Waals surface area (Å²) >= 11 is 0. The van der Waals surface area contributed by atoms with Gasteiger partial charge in [-0.25, -0.2) is 4.98 Å². The van der Waals surface area contributed by atoms with E-state index < -0.39 is 0 Å². The van der Waals surface area contributed by atoms with E-state index in [9.17, 15) is 0 Å². The van der Waals surface area contributed by atoms with Crippen LogP contribution in [0.2, 0.25) is 0 Å². The first-order chi connectivity index (χ1) is 8.08. The summed E-state index contributed by atoms with van der Waals surface area (Å²) in [5.41, 5.74) is 3.21. The van der Waals surface area contributed by atoms with Crippen molar-refractivity contribution in [3.05, 3.63) is 35.3 Å². The summed E-state index contributed by atoms with van der Waals surface area (Å²) < 4.78 is 1.73. The van der Waals surface area contributed by atoms with E-state index in [1.807, 2.05) is 27.1 Å². The summed E-state index contributed by atoms with van der Waals surface area (Å²) in [6.45, 7) is 3.78. The molecular formula is C12H13N5. The Kier molecular flexibility index (Phi) is 2.79. The second-order valence-corrected chi connectivity index (χ2v) is 3.92. The van der Waals surface area contributed by atoms with Gasteiger partial charge in [-0.3, -0.25) is 4.68 Å². The smallest absolute Gasteiger partial charge is 0.132 e. The first kappa shape index (κ1) is 11.1. The van der Waals surface area contributed by atoms with Gasteiger partial charge in [-0.05, 0) is 26.0 Å². The number of aromatic nitrogens is 3. The molecule has 5 nitrogen and oxygen atoms in total. The molecule has 17 heavy (non-hydrogen) atoms. The topological polar surface area (TPSA) is 66.5 Å². The van der Waals surface area contributed by atoms with Crippen LogP contribution in [0.5, 0.6) is 0 Å². The van der Waals surface area contributed by atoms with Gasteiger partial charge >= 0.3 is 0 Å². The van der Waals surface area contributed by atoms with Crippen molar-refractivity contribution in [1.82, 2.24) is 14.8 Å². The molecule has 2 aromatic rings. The molecule has 2 rings (SSSR count). The van der Waals surface area contributed by atoms with E-state index in [4.69, 9.17) is 5.26 Å². The third-order valence-corrected chi connectivity index (χ3v) is 2.36. The Morgan fingerprint density at radius 3 is 2.71 bits per heavy atom. The van der Waals surface area contributed by atoms with E-state index in [0.717, 1.165) is 17.1 Å². The van der Waals surface area contributed by atoms with Crippen molar-refractivity contribution in [2.75, 3.05) is 5.32 Å². The summed E-state index contributed by atoms with van der Waals surface area (Å²) in [5.74, 6) is 0.664. The second-order valence-electron chi connectivity index (χ2n) is 3.92. The van der Waals surface area contributed by atoms with Gasteiger partial charge in [0.25, 0.3) is 0 Å². The molecule has 0 aromatic carbocycles. The van der Waals surface area contributed by atoms with Gasteiger partial charge in [0.05, 0.1) is 23.0 Å². The van der Waals surface area contributed by atoms with Crippen LogP contribution >= 0.6 is 0 Å². The number of hydrogen-bond donors (Lipinski definition) is 1. The van der Waals surface area contributed by atoms with E-state index in [-0.39, 0.29) is 0 Å². The Morgan fingerprint density at radius 1 is 1.35 bits per heavy atom. The molecule has 1 N–H and O–H groups in total. The van der Waals surface area contributed by atoms with Gasteiger partial charge in [-0.15, -0.1) is 0 Å². The maximum atomic E-state index is 8.89. The molecule has 0 radical (unpaired) electrons. The van der Waals surface area contributed by atoms with Gasteiger partial charge in [-0.2, -0.15) is 10.4 Å². The van der Waals surface area contributed by atoms with Crippen LogP contribution in [0.4, 0.5) is 11.5 Å². The van der Waals surface area contributed by atoms with E-state index in [1.54, 1.807) is 16.8 Å². The number of nitriles is 1. The molecule has 0 spiro atoms. The molecule has 5 heteroatoms. The normalized spacial score (nSPS) is 10.0. The molecule has 0 aliphatic heterocycles. The number of anilines is 2. The van der Waals surface area contributed by atoms with Crippen LogP contribution in [-0.2, 0) is 7.05 Å². The number of rotatable bonds is 2. The minimum absolute atomic E-state index is 0.599. The van der Waals surface area contributed by atoms with Crippen molar-refractivity contribution < 1.29 is 0 Å². The van der Waals surface area contributed by atoms with Crippen LogP contribution in [0.1, 0.15) is 17.0 Å². The predicted octanol–water partition coefficient (Wildman–Crippen LogP) is 2.05. The first-order valence-corrected chi connectivity index (χ1v) is 5.24. The van der Waals surface area contributed by atoms with E-state index in [2.05, 4.69) is 21.5 Å². The number of nitrogens with zero attached hydrogens (tertiary/aromatic N) is 4. The fourth-order valence-corrected chi connectivity index (χ4v) is 1.66. The fourth-order valence-electron chi connectivity index (χ4n) is 1.66. The monoisotopic (exact) mass is 227 g/mol. The van der Waals surface area contributed by atoms with Gasteiger partial charge in [0.15, 0.2) is 0 Å². The van der Waals surface area contributed by atoms with E-state index in [1.165, 1.54) is 0 Å². The Balaban J connectivity index is 2.33. The third kappa shape index (κ3) is 2.42. The largest absolute Gasteiger partial charge is 0.337 e. The summed E-state index contributed by atoms with van der Waals surface area (Å²) in [7, 11) is 1.86. The highest BCUT2D eigenvalue weighted by Gasteiger charge is 2.05. The van der Waals surface area contributed by atoms with Crippen molar-refractivity contribution in [2.24, 2.45) is 7.05 Å². The highest BCUT2D eigenvalue weighted by Crippen LogP contribution is 2.18. The number of nitrogens with one attached hydrogen (secondary N) is 1. The van der Waals surface area contributed by atoms with Crippen LogP contribution in [0.15, 0.2) is 18.3 Å². The molecular weight excluding hydrogens is 214 g/mol. The van der Waals surface area contributed by atoms with Crippen molar-refractivity contribution in [3.63, 3.8) is 0 Å². The minimum Gasteiger partial charge on any atom is -0.337 e. The van der Waals surface area contributed by atoms with Crippen molar-refractivity contribution in [1.29, 1.82) is 5.26 Å². The number of aryl methyl sites for hydroxylation is 3. The Bertz CT molecular complexity index is 591. The molecule has 2 heterocycles. The van der Waals surface area contributed by atoms with Gasteiger partial charge in [0.1, 0.15) is 5.82 Å². The SMILES string of the molecule is Cc1cc(C#N)cc(Nc2cn(C)nc2C)n1. The maximum Gasteiger partial charge on any atom is 0.132 e. The maximum absolute atomic E-state index is 8.89. The molecule has 0 saturated heterocycles. The second kappa shape index (κ2) is 4.26. The lowest BCUT2D eigenvalue weighted by molar-refractivity contribution is 0.756. The fraction of sp³-hybridized carbons (Fsp3) is 0.250. The van der Waals surface area contributed by atoms with Crippen LogP contribution in [-0.4, -0.2) is 14.8 Å². The molecule has 0 aliphatic carbocycles. The van der Waals surface area contributed by atoms with Gasteiger partial charge in [0, 0.05) is 18.9 Å². The standard InChI is InChI=1S/C12H13N5/c1-8-4-10(6-13)5-12(14-8)15-11-7-17(3)16-9(11)2/h4-5,7H,1-3H3,(H,14,15). The Hall–Kier alpha value is -2.35. The van der Waals surface area contributed by atoms with E-state index in [0.29, 0.717) is 11.4 Å². The predicted molar refractivity (Wildman–Crippen MR) is 64.9 cm³/mol. The van der Waals surface area contributed by atoms with Crippen LogP contribution in [0.3, 0.4) is 0 Å². The zero-order valence-corrected chi connectivity index (χ0v) is 10.0. The van der Waals surface area contributed by atoms with Crippen LogP contribution in [0, 0.1) is 25.2 Å². The summed E-state index contributed by atoms with van der Waals surface area (Å²) in [4.78, 5) is 4.33. The zero-order chi connectivity index (χ0) is 12.4. The summed E-state index contributed by atoms with van der Waals surface area (Å²) in [5, 5.41) is 16.3. The lowest BCUT2D eigenvalue weighted by Gasteiger charge is -2.05. The average molecular weight is 227 g/mol. The molecule has 86 valence electrons. The number of pyridine rings is 1. The quantitative estimate of drug-likeness (QED) is 0.852. The molecule has 0 amide bonds. The highest BCUT2D eigenvalue weighted by molar-refractivity contribution is 5.59. The van der Waals surface area contributed by atoms with Gasteiger partial charge in [-0.1, -0.05) is 0 Å². The molecule has 0 unspecified atom stereocenters. The molecule has 2 aromatic heterocycles. The van der Waals surface area contributed by atoms with Crippen molar-refractivity contribution in [3.8, 4) is 6.07 Å². The lowest BCUT2D eigenvalue weighted by atomic mass is 10.2. The van der Waals surface area contributed by atoms with Crippen molar-refractivity contribution >= 4 is 11.5 Å². The zero-order valence-electron chi connectivity index (χ0n) is 10.0. The van der Waals surface area contributed by atoms with E-state index >= 15 is 0 Å². The first-order valence-electron chi connectivity index (χ1n) is 5.24. The van der Waals surface area contributed by atoms with Gasteiger partial charge < -0.3 is 5.32 Å². The Labute approximate surface area is 99.7 Å². The lowest BCUT2D eigenvalue weighted by Crippen LogP contribution is -1.96. The molecule has 0 aliphatic rings. The Morgan fingerprint density at radius 2 is 2.12 bits per heavy atom. The van der Waals surface area contributed by atoms with Gasteiger partial charge in [0.2, 0.25) is 0 Å². The third-order valence-electron chi connectivity index (χ3n) is 2.36. The minimum atomic E-state index is 0.599. The molecule has 0 atom stereocenters. The van der Waals surface area contributed by atoms with Crippen LogP contribution in [0.25, 0.3) is 0 Å². The van der Waals surface area contributed by atoms with Crippen LogP contribution < -0.4 is 5.32 Å². The summed E-state index contributed by atoms with van der Waals surface area (Å²) in [6.07, 6.45) is 1.88. The summed E-state index contributed by atoms with van der Waals surface area (Å²) in [6, 6.07) is 5.59. The molecule has 0 bridgehead atoms. The number of hydrogen-bond acceptors (Lipinski definition) is 4. The average Bonchev–Trinajstić information content (AvgIpc) is 2.56. The highest BCUT2D eigenvalue weighted by atomic mass is 15.3. The molecule has 0 fully saturated rings. The molecule has 0 saturated carbocycles.